The molecule has 1 fully saturated rings. The van der Waals surface area contributed by atoms with Crippen LogP contribution in [0.25, 0.3) is 15.7 Å². The summed E-state index contributed by atoms with van der Waals surface area (Å²) in [5.74, 6) is 3.11. The van der Waals surface area contributed by atoms with Crippen molar-refractivity contribution in [3.63, 3.8) is 0 Å². The van der Waals surface area contributed by atoms with E-state index < -0.39 is 5.60 Å². The highest BCUT2D eigenvalue weighted by molar-refractivity contribution is 7.37. The second-order valence-corrected chi connectivity index (χ2v) is 11.0. The lowest BCUT2D eigenvalue weighted by atomic mass is 9.87. The zero-order valence-electron chi connectivity index (χ0n) is 20.2. The molecular formula is C31H29O3S+. The van der Waals surface area contributed by atoms with Crippen LogP contribution < -0.4 is 4.74 Å². The number of thiophene rings is 1. The van der Waals surface area contributed by atoms with E-state index in [1.54, 1.807) is 0 Å². The summed E-state index contributed by atoms with van der Waals surface area (Å²) < 4.78 is 12.3. The lowest BCUT2D eigenvalue weighted by molar-refractivity contribution is -0.163. The topological polar surface area (TPSA) is 35.5 Å². The summed E-state index contributed by atoms with van der Waals surface area (Å²) in [5.41, 5.74) is 3.43. The molecule has 1 unspecified atom stereocenters. The average molecular weight is 482 g/mol. The van der Waals surface area contributed by atoms with Crippen LogP contribution in [0, 0.1) is 26.2 Å². The standard InChI is InChI=1S/C31H29O3S/c1-4-24-14-17-35(21-24)26-18-22(2)30(23(3)19-26)33-20-29(32)34-31(15-7-8-16-31)28-13-9-11-25-10-5-6-12-27(25)28/h1,5-6,9-14,17-19,21H,7-8,15-16,20H2,2-3H3/q+1. The Hall–Kier alpha value is -3.55. The Kier molecular flexibility index (Phi) is 6.36. The molecule has 0 radical (unpaired) electrons. The molecule has 1 aliphatic carbocycles. The molecule has 3 aromatic carbocycles. The summed E-state index contributed by atoms with van der Waals surface area (Å²) in [6.45, 7) is 3.92. The number of hydrogen-bond acceptors (Lipinski definition) is 3. The number of hydrogen-bond donors (Lipinski definition) is 0. The van der Waals surface area contributed by atoms with E-state index in [1.165, 1.54) is 4.90 Å². The number of carbonyl (C=O) groups excluding carboxylic acids is 1. The number of ether oxygens (including phenoxy) is 2. The van der Waals surface area contributed by atoms with Crippen molar-refractivity contribution < 1.29 is 14.3 Å². The molecule has 4 aromatic rings. The molecular weight excluding hydrogens is 452 g/mol. The van der Waals surface area contributed by atoms with E-state index in [2.05, 4.69) is 59.1 Å². The van der Waals surface area contributed by atoms with Gasteiger partial charge in [-0.2, -0.15) is 0 Å². The third-order valence-electron chi connectivity index (χ3n) is 6.86. The van der Waals surface area contributed by atoms with Gasteiger partial charge in [0.25, 0.3) is 0 Å². The van der Waals surface area contributed by atoms with Crippen molar-refractivity contribution in [1.82, 2.24) is 0 Å². The molecule has 4 heteroatoms. The SMILES string of the molecule is C#Cc1cc[s+](-c2cc(C)c(OCC(=O)OC3(c4cccc5ccccc45)CCCC3)c(C)c2)c1. The number of terminal acetylenes is 1. The number of fused-ring (bicyclic) bond motifs is 1. The number of rotatable bonds is 6. The number of carbonyl (C=O) groups is 1. The van der Waals surface area contributed by atoms with E-state index in [0.29, 0.717) is 0 Å². The average Bonchev–Trinajstić information content (AvgIpc) is 3.53. The quantitative estimate of drug-likeness (QED) is 0.162. The van der Waals surface area contributed by atoms with Crippen LogP contribution >= 0.6 is 10.5 Å². The van der Waals surface area contributed by atoms with Crippen molar-refractivity contribution in [3.8, 4) is 23.0 Å². The second-order valence-electron chi connectivity index (χ2n) is 9.27. The van der Waals surface area contributed by atoms with E-state index in [-0.39, 0.29) is 23.0 Å². The molecule has 35 heavy (non-hydrogen) atoms. The maximum absolute atomic E-state index is 13.1. The molecule has 1 aliphatic rings. The summed E-state index contributed by atoms with van der Waals surface area (Å²) in [4.78, 5) is 14.3. The Morgan fingerprint density at radius 1 is 1.03 bits per heavy atom. The highest BCUT2D eigenvalue weighted by Gasteiger charge is 2.40. The predicted octanol–water partition coefficient (Wildman–Crippen LogP) is 7.57. The van der Waals surface area contributed by atoms with E-state index >= 15 is 0 Å². The van der Waals surface area contributed by atoms with Gasteiger partial charge in [0.15, 0.2) is 16.9 Å². The van der Waals surface area contributed by atoms with Crippen LogP contribution in [-0.2, 0) is 15.1 Å². The van der Waals surface area contributed by atoms with E-state index in [0.717, 1.165) is 64.5 Å². The van der Waals surface area contributed by atoms with Crippen LogP contribution in [-0.4, -0.2) is 12.6 Å². The highest BCUT2D eigenvalue weighted by atomic mass is 32.2. The predicted molar refractivity (Wildman–Crippen MR) is 143 cm³/mol. The maximum Gasteiger partial charge on any atom is 0.345 e. The highest BCUT2D eigenvalue weighted by Crippen LogP contribution is 2.45. The molecule has 1 atom stereocenters. The third-order valence-corrected chi connectivity index (χ3v) is 8.57. The Balaban J connectivity index is 1.34. The fourth-order valence-corrected chi connectivity index (χ4v) is 6.95. The van der Waals surface area contributed by atoms with Gasteiger partial charge in [0.2, 0.25) is 0 Å². The van der Waals surface area contributed by atoms with Crippen molar-refractivity contribution in [2.45, 2.75) is 45.1 Å². The van der Waals surface area contributed by atoms with Crippen molar-refractivity contribution in [2.75, 3.05) is 6.61 Å². The van der Waals surface area contributed by atoms with Gasteiger partial charge < -0.3 is 9.47 Å². The van der Waals surface area contributed by atoms with E-state index in [9.17, 15) is 4.79 Å². The Labute approximate surface area is 209 Å². The molecule has 176 valence electrons. The first-order chi connectivity index (χ1) is 17.0. The van der Waals surface area contributed by atoms with Crippen LogP contribution in [0.2, 0.25) is 0 Å². The first kappa shape index (κ1) is 23.2. The Morgan fingerprint density at radius 3 is 2.46 bits per heavy atom. The number of benzene rings is 3. The third kappa shape index (κ3) is 4.57. The summed E-state index contributed by atoms with van der Waals surface area (Å²) in [6.07, 6.45) is 9.29. The molecule has 0 aliphatic heterocycles. The van der Waals surface area contributed by atoms with Gasteiger partial charge >= 0.3 is 5.97 Å². The van der Waals surface area contributed by atoms with Gasteiger partial charge in [-0.05, 0) is 61.4 Å². The summed E-state index contributed by atoms with van der Waals surface area (Å²) >= 11 is 0. The van der Waals surface area contributed by atoms with Gasteiger partial charge in [0, 0.05) is 34.2 Å². The maximum atomic E-state index is 13.1. The zero-order chi connectivity index (χ0) is 24.4. The van der Waals surface area contributed by atoms with Gasteiger partial charge in [0.05, 0.1) is 5.56 Å². The summed E-state index contributed by atoms with van der Waals surface area (Å²) in [6, 6.07) is 20.8. The van der Waals surface area contributed by atoms with Gasteiger partial charge in [-0.3, -0.25) is 0 Å². The molecule has 0 spiro atoms. The van der Waals surface area contributed by atoms with E-state index in [1.807, 2.05) is 32.0 Å². The van der Waals surface area contributed by atoms with Gasteiger partial charge in [0.1, 0.15) is 16.7 Å². The van der Waals surface area contributed by atoms with Crippen molar-refractivity contribution in [1.29, 1.82) is 0 Å². The largest absolute Gasteiger partial charge is 0.481 e. The monoisotopic (exact) mass is 481 g/mol. The fourth-order valence-electron chi connectivity index (χ4n) is 5.24. The lowest BCUT2D eigenvalue weighted by Gasteiger charge is -2.31. The van der Waals surface area contributed by atoms with Gasteiger partial charge in [-0.15, -0.1) is 6.42 Å². The minimum absolute atomic E-state index is 0.111. The summed E-state index contributed by atoms with van der Waals surface area (Å²) in [5, 5.41) is 6.56. The normalized spacial score (nSPS) is 15.1. The Morgan fingerprint density at radius 2 is 1.74 bits per heavy atom. The van der Waals surface area contributed by atoms with Crippen LogP contribution in [0.3, 0.4) is 0 Å². The van der Waals surface area contributed by atoms with Gasteiger partial charge in [-0.25, -0.2) is 4.79 Å². The molecule has 5 rings (SSSR count). The molecule has 0 saturated heterocycles. The first-order valence-electron chi connectivity index (χ1n) is 12.0. The zero-order valence-corrected chi connectivity index (χ0v) is 21.0. The van der Waals surface area contributed by atoms with Crippen LogP contribution in [0.15, 0.2) is 71.4 Å². The van der Waals surface area contributed by atoms with Gasteiger partial charge in [-0.1, -0.05) is 48.4 Å². The summed E-state index contributed by atoms with van der Waals surface area (Å²) in [7, 11) is -0.136. The van der Waals surface area contributed by atoms with Crippen LogP contribution in [0.5, 0.6) is 5.75 Å². The molecule has 1 heterocycles. The number of aryl methyl sites for hydroxylation is 2. The molecule has 1 aromatic heterocycles. The van der Waals surface area contributed by atoms with E-state index in [4.69, 9.17) is 15.9 Å². The lowest BCUT2D eigenvalue weighted by Crippen LogP contribution is -2.32. The Bertz CT molecular complexity index is 1400. The molecule has 3 nitrogen and oxygen atoms in total. The van der Waals surface area contributed by atoms with Crippen LogP contribution in [0.4, 0.5) is 0 Å². The van der Waals surface area contributed by atoms with Crippen molar-refractivity contribution in [2.24, 2.45) is 0 Å². The second kappa shape index (κ2) is 9.60. The van der Waals surface area contributed by atoms with Crippen LogP contribution in [0.1, 0.15) is 47.9 Å². The first-order valence-corrected chi connectivity index (χ1v) is 13.4. The fraction of sp³-hybridized carbons (Fsp3) is 0.258. The molecule has 1 saturated carbocycles. The number of esters is 1. The van der Waals surface area contributed by atoms with Crippen molar-refractivity contribution >= 4 is 27.2 Å². The molecule has 0 amide bonds. The minimum Gasteiger partial charge on any atom is -0.481 e. The smallest absolute Gasteiger partial charge is 0.345 e. The minimum atomic E-state index is -0.591. The molecule has 0 N–H and O–H groups in total. The molecule has 0 bridgehead atoms. The van der Waals surface area contributed by atoms with Crippen molar-refractivity contribution in [3.05, 3.63) is 93.7 Å².